The second-order valence-electron chi connectivity index (χ2n) is 7.68. The molecule has 156 valence electrons. The molecule has 1 amide bonds. The van der Waals surface area contributed by atoms with Gasteiger partial charge in [-0.05, 0) is 36.8 Å². The van der Waals surface area contributed by atoms with Gasteiger partial charge in [0.05, 0.1) is 6.54 Å². The monoisotopic (exact) mass is 388 g/mol. The summed E-state index contributed by atoms with van der Waals surface area (Å²) in [5.74, 6) is 1.68. The number of guanidine groups is 1. The Labute approximate surface area is 169 Å². The molecule has 1 heterocycles. The molecule has 28 heavy (non-hydrogen) atoms. The number of amides is 1. The normalized spacial score (nSPS) is 14.8. The second-order valence-corrected chi connectivity index (χ2v) is 7.68. The van der Waals surface area contributed by atoms with Crippen LogP contribution >= 0.6 is 0 Å². The number of nitrogens with one attached hydrogen (secondary N) is 2. The van der Waals surface area contributed by atoms with Crippen LogP contribution in [-0.2, 0) is 22.6 Å². The number of hydrogen-bond donors (Lipinski definition) is 2. The first-order valence-electron chi connectivity index (χ1n) is 10.5. The first kappa shape index (κ1) is 22.2. The Morgan fingerprint density at radius 2 is 1.96 bits per heavy atom. The van der Waals surface area contributed by atoms with Crippen LogP contribution < -0.4 is 10.6 Å². The summed E-state index contributed by atoms with van der Waals surface area (Å²) in [6.07, 6.45) is 2.63. The minimum atomic E-state index is 0.268. The van der Waals surface area contributed by atoms with Gasteiger partial charge < -0.3 is 20.3 Å². The zero-order chi connectivity index (χ0) is 20.2. The van der Waals surface area contributed by atoms with Crippen LogP contribution in [0.25, 0.3) is 0 Å². The van der Waals surface area contributed by atoms with E-state index in [1.807, 2.05) is 4.90 Å². The van der Waals surface area contributed by atoms with Gasteiger partial charge in [0.1, 0.15) is 0 Å². The molecule has 0 aliphatic carbocycles. The fourth-order valence-corrected chi connectivity index (χ4v) is 3.05. The van der Waals surface area contributed by atoms with Gasteiger partial charge in [-0.3, -0.25) is 4.79 Å². The number of carbonyl (C=O) groups excluding carboxylic acids is 1. The Balaban J connectivity index is 1.75. The molecule has 6 heteroatoms. The molecule has 1 aromatic carbocycles. The average Bonchev–Trinajstić information content (AvgIpc) is 3.08. The Bertz CT molecular complexity index is 613. The molecule has 0 unspecified atom stereocenters. The van der Waals surface area contributed by atoms with E-state index in [1.165, 1.54) is 5.56 Å². The highest BCUT2D eigenvalue weighted by Gasteiger charge is 2.19. The van der Waals surface area contributed by atoms with Crippen LogP contribution in [0.4, 0.5) is 0 Å². The van der Waals surface area contributed by atoms with Crippen molar-refractivity contribution in [3.8, 4) is 0 Å². The van der Waals surface area contributed by atoms with Gasteiger partial charge in [-0.25, -0.2) is 4.99 Å². The summed E-state index contributed by atoms with van der Waals surface area (Å²) in [7, 11) is 0. The summed E-state index contributed by atoms with van der Waals surface area (Å²) in [4.78, 5) is 18.3. The molecule has 2 N–H and O–H groups in total. The van der Waals surface area contributed by atoms with Crippen LogP contribution in [0, 0.1) is 5.92 Å². The van der Waals surface area contributed by atoms with E-state index in [2.05, 4.69) is 60.7 Å². The van der Waals surface area contributed by atoms with Gasteiger partial charge in [-0.1, -0.05) is 38.1 Å². The van der Waals surface area contributed by atoms with E-state index in [0.29, 0.717) is 25.4 Å². The fraction of sp³-hybridized carbons (Fsp3) is 0.636. The van der Waals surface area contributed by atoms with Gasteiger partial charge in [-0.2, -0.15) is 0 Å². The van der Waals surface area contributed by atoms with Crippen molar-refractivity contribution in [1.29, 1.82) is 0 Å². The maximum Gasteiger partial charge on any atom is 0.222 e. The SMILES string of the molecule is CCNC(=NCc1ccc(CN2CCCC2=O)cc1)NCCCOCC(C)C. The summed E-state index contributed by atoms with van der Waals surface area (Å²) in [5.41, 5.74) is 2.34. The van der Waals surface area contributed by atoms with E-state index < -0.39 is 0 Å². The van der Waals surface area contributed by atoms with Crippen molar-refractivity contribution in [3.05, 3.63) is 35.4 Å². The molecule has 1 aromatic rings. The number of carbonyl (C=O) groups is 1. The Morgan fingerprint density at radius 3 is 2.61 bits per heavy atom. The maximum absolute atomic E-state index is 11.7. The topological polar surface area (TPSA) is 66.0 Å². The van der Waals surface area contributed by atoms with Crippen molar-refractivity contribution in [2.75, 3.05) is 32.8 Å². The molecule has 6 nitrogen and oxygen atoms in total. The van der Waals surface area contributed by atoms with Crippen molar-refractivity contribution >= 4 is 11.9 Å². The summed E-state index contributed by atoms with van der Waals surface area (Å²) >= 11 is 0. The van der Waals surface area contributed by atoms with Crippen LogP contribution in [-0.4, -0.2) is 49.6 Å². The first-order chi connectivity index (χ1) is 13.6. The molecule has 1 fully saturated rings. The van der Waals surface area contributed by atoms with Crippen LogP contribution in [0.5, 0.6) is 0 Å². The Hall–Kier alpha value is -2.08. The minimum absolute atomic E-state index is 0.268. The summed E-state index contributed by atoms with van der Waals surface area (Å²) in [6.45, 7) is 11.9. The van der Waals surface area contributed by atoms with Crippen LogP contribution in [0.15, 0.2) is 29.3 Å². The number of ether oxygens (including phenoxy) is 1. The van der Waals surface area contributed by atoms with Crippen LogP contribution in [0.2, 0.25) is 0 Å². The van der Waals surface area contributed by atoms with Crippen molar-refractivity contribution in [2.24, 2.45) is 10.9 Å². The van der Waals surface area contributed by atoms with Crippen molar-refractivity contribution in [2.45, 2.75) is 53.1 Å². The van der Waals surface area contributed by atoms with Gasteiger partial charge in [0.15, 0.2) is 5.96 Å². The molecule has 0 saturated carbocycles. The lowest BCUT2D eigenvalue weighted by Crippen LogP contribution is -2.38. The lowest BCUT2D eigenvalue weighted by Gasteiger charge is -2.15. The molecule has 1 saturated heterocycles. The number of aliphatic imine (C=N–C) groups is 1. The maximum atomic E-state index is 11.7. The predicted octanol–water partition coefficient (Wildman–Crippen LogP) is 2.93. The number of likely N-dealkylation sites (tertiary alicyclic amines) is 1. The third-order valence-corrected chi connectivity index (χ3v) is 4.54. The van der Waals surface area contributed by atoms with Gasteiger partial charge in [0.2, 0.25) is 5.91 Å². The van der Waals surface area contributed by atoms with Crippen molar-refractivity contribution < 1.29 is 9.53 Å². The molecule has 1 aliphatic heterocycles. The highest BCUT2D eigenvalue weighted by atomic mass is 16.5. The van der Waals surface area contributed by atoms with E-state index >= 15 is 0 Å². The lowest BCUT2D eigenvalue weighted by molar-refractivity contribution is -0.128. The van der Waals surface area contributed by atoms with Gasteiger partial charge >= 0.3 is 0 Å². The van der Waals surface area contributed by atoms with E-state index in [0.717, 1.165) is 57.2 Å². The highest BCUT2D eigenvalue weighted by molar-refractivity contribution is 5.79. The summed E-state index contributed by atoms with van der Waals surface area (Å²) < 4.78 is 5.61. The van der Waals surface area contributed by atoms with Gasteiger partial charge in [0, 0.05) is 45.8 Å². The minimum Gasteiger partial charge on any atom is -0.381 e. The Kier molecular flexibility index (Phi) is 9.83. The number of rotatable bonds is 11. The molecule has 0 radical (unpaired) electrons. The number of nitrogens with zero attached hydrogens (tertiary/aromatic N) is 2. The quantitative estimate of drug-likeness (QED) is 0.347. The molecular formula is C22H36N4O2. The first-order valence-corrected chi connectivity index (χ1v) is 10.5. The van der Waals surface area contributed by atoms with E-state index in [4.69, 9.17) is 4.74 Å². The predicted molar refractivity (Wildman–Crippen MR) is 114 cm³/mol. The molecular weight excluding hydrogens is 352 g/mol. The van der Waals surface area contributed by atoms with E-state index in [1.54, 1.807) is 0 Å². The molecule has 0 atom stereocenters. The molecule has 0 spiro atoms. The number of benzene rings is 1. The smallest absolute Gasteiger partial charge is 0.222 e. The van der Waals surface area contributed by atoms with Crippen LogP contribution in [0.1, 0.15) is 51.2 Å². The third kappa shape index (κ3) is 8.30. The lowest BCUT2D eigenvalue weighted by atomic mass is 10.1. The largest absolute Gasteiger partial charge is 0.381 e. The van der Waals surface area contributed by atoms with Crippen molar-refractivity contribution in [1.82, 2.24) is 15.5 Å². The summed E-state index contributed by atoms with van der Waals surface area (Å²) in [6, 6.07) is 8.40. The van der Waals surface area contributed by atoms with E-state index in [-0.39, 0.29) is 5.91 Å². The standard InChI is InChI=1S/C22H36N4O2/c1-4-23-22(24-12-6-14-28-17-18(2)3)25-15-19-8-10-20(11-9-19)16-26-13-5-7-21(26)27/h8-11,18H,4-7,12-17H2,1-3H3,(H2,23,24,25). The average molecular weight is 389 g/mol. The number of hydrogen-bond acceptors (Lipinski definition) is 3. The molecule has 2 rings (SSSR count). The molecule has 0 bridgehead atoms. The molecule has 1 aliphatic rings. The van der Waals surface area contributed by atoms with E-state index in [9.17, 15) is 4.79 Å². The zero-order valence-corrected chi connectivity index (χ0v) is 17.7. The fourth-order valence-electron chi connectivity index (χ4n) is 3.05. The van der Waals surface area contributed by atoms with Crippen molar-refractivity contribution in [3.63, 3.8) is 0 Å². The van der Waals surface area contributed by atoms with Gasteiger partial charge in [-0.15, -0.1) is 0 Å². The van der Waals surface area contributed by atoms with Gasteiger partial charge in [0.25, 0.3) is 0 Å². The van der Waals surface area contributed by atoms with Crippen LogP contribution in [0.3, 0.4) is 0 Å². The highest BCUT2D eigenvalue weighted by Crippen LogP contribution is 2.15. The zero-order valence-electron chi connectivity index (χ0n) is 17.7. The molecule has 0 aromatic heterocycles. The second kappa shape index (κ2) is 12.4. The third-order valence-electron chi connectivity index (χ3n) is 4.54. The Morgan fingerprint density at radius 1 is 1.21 bits per heavy atom. The summed E-state index contributed by atoms with van der Waals surface area (Å²) in [5, 5.41) is 6.64.